The van der Waals surface area contributed by atoms with Crippen molar-refractivity contribution in [2.45, 2.75) is 25.8 Å². The normalized spacial score (nSPS) is 16.2. The third-order valence-corrected chi connectivity index (χ3v) is 3.17. The fraction of sp³-hybridized carbons (Fsp3) is 0.545. The number of rotatable bonds is 3. The minimum Gasteiger partial charge on any atom is -0.317 e. The molecule has 1 amide bonds. The topological polar surface area (TPSA) is 111 Å². The maximum Gasteiger partial charge on any atom is 0.328 e. The number of hydrogen-bond donors (Lipinski definition) is 2. The molecule has 3 heterocycles. The summed E-state index contributed by atoms with van der Waals surface area (Å²) in [6, 6.07) is 0.347. The van der Waals surface area contributed by atoms with Gasteiger partial charge in [-0.2, -0.15) is 4.98 Å². The largest absolute Gasteiger partial charge is 0.328 e. The van der Waals surface area contributed by atoms with Gasteiger partial charge in [-0.1, -0.05) is 10.4 Å². The van der Waals surface area contributed by atoms with Crippen LogP contribution in [-0.2, 0) is 0 Å². The van der Waals surface area contributed by atoms with E-state index in [0.717, 1.165) is 25.9 Å². The Bertz CT molecular complexity index is 599. The van der Waals surface area contributed by atoms with Crippen molar-refractivity contribution in [3.63, 3.8) is 0 Å². The van der Waals surface area contributed by atoms with Gasteiger partial charge in [0.15, 0.2) is 11.5 Å². The number of amides is 1. The third kappa shape index (κ3) is 2.67. The van der Waals surface area contributed by atoms with E-state index < -0.39 is 5.91 Å². The maximum atomic E-state index is 12.0. The Morgan fingerprint density at radius 3 is 3.00 bits per heavy atom. The minimum absolute atomic E-state index is 0.0592. The molecule has 0 saturated carbocycles. The zero-order valence-electron chi connectivity index (χ0n) is 11.0. The van der Waals surface area contributed by atoms with Gasteiger partial charge in [0.25, 0.3) is 5.91 Å². The Morgan fingerprint density at radius 2 is 2.30 bits per heavy atom. The van der Waals surface area contributed by atoms with Crippen molar-refractivity contribution in [3.8, 4) is 0 Å². The van der Waals surface area contributed by atoms with Crippen LogP contribution in [0.25, 0.3) is 0 Å². The van der Waals surface area contributed by atoms with E-state index in [1.807, 2.05) is 0 Å². The van der Waals surface area contributed by atoms with E-state index in [0.29, 0.717) is 5.82 Å². The second-order valence-corrected chi connectivity index (χ2v) is 4.67. The summed E-state index contributed by atoms with van der Waals surface area (Å²) < 4.78 is 6.57. The van der Waals surface area contributed by atoms with Crippen LogP contribution < -0.4 is 10.6 Å². The lowest BCUT2D eigenvalue weighted by molar-refractivity contribution is 0.101. The summed E-state index contributed by atoms with van der Waals surface area (Å²) in [6.45, 7) is 3.58. The highest BCUT2D eigenvalue weighted by Gasteiger charge is 2.19. The average molecular weight is 277 g/mol. The first-order valence-corrected chi connectivity index (χ1v) is 6.46. The van der Waals surface area contributed by atoms with Crippen LogP contribution in [0.3, 0.4) is 0 Å². The van der Waals surface area contributed by atoms with Gasteiger partial charge in [-0.3, -0.25) is 10.1 Å². The van der Waals surface area contributed by atoms with Gasteiger partial charge in [0, 0.05) is 0 Å². The molecule has 0 spiro atoms. The molecule has 1 fully saturated rings. The molecule has 3 rings (SSSR count). The molecule has 0 bridgehead atoms. The van der Waals surface area contributed by atoms with Crippen molar-refractivity contribution >= 4 is 11.9 Å². The van der Waals surface area contributed by atoms with Crippen LogP contribution >= 0.6 is 0 Å². The number of carbonyl (C=O) groups excluding carboxylic acids is 1. The zero-order chi connectivity index (χ0) is 13.9. The van der Waals surface area contributed by atoms with Gasteiger partial charge in [-0.15, -0.1) is 5.10 Å². The molecule has 0 radical (unpaired) electrons. The van der Waals surface area contributed by atoms with Crippen LogP contribution in [0.4, 0.5) is 6.01 Å². The van der Waals surface area contributed by atoms with Crippen molar-refractivity contribution in [1.29, 1.82) is 0 Å². The van der Waals surface area contributed by atoms with Gasteiger partial charge < -0.3 is 9.84 Å². The predicted molar refractivity (Wildman–Crippen MR) is 68.2 cm³/mol. The summed E-state index contributed by atoms with van der Waals surface area (Å²) in [5.74, 6) is 0.0486. The smallest absolute Gasteiger partial charge is 0.317 e. The number of aromatic nitrogens is 5. The molecule has 2 aromatic heterocycles. The first kappa shape index (κ1) is 12.7. The van der Waals surface area contributed by atoms with Crippen LogP contribution in [0.15, 0.2) is 10.7 Å². The average Bonchev–Trinajstić information content (AvgIpc) is 3.09. The molecule has 20 heavy (non-hydrogen) atoms. The summed E-state index contributed by atoms with van der Waals surface area (Å²) >= 11 is 0. The lowest BCUT2D eigenvalue weighted by atomic mass is 10.1. The summed E-state index contributed by atoms with van der Waals surface area (Å²) in [7, 11) is 0. The Kier molecular flexibility index (Phi) is 3.42. The molecule has 0 unspecified atom stereocenters. The molecular formula is C11H15N7O2. The molecule has 1 aliphatic heterocycles. The van der Waals surface area contributed by atoms with E-state index in [-0.39, 0.29) is 17.8 Å². The van der Waals surface area contributed by atoms with Crippen molar-refractivity contribution in [2.75, 3.05) is 18.4 Å². The molecule has 0 aromatic carbocycles. The van der Waals surface area contributed by atoms with Gasteiger partial charge in [0.2, 0.25) is 0 Å². The highest BCUT2D eigenvalue weighted by Crippen LogP contribution is 2.17. The SMILES string of the molecule is Cc1noc(NC(=O)c2cn(C3CCNCC3)nn2)n1. The Hall–Kier alpha value is -2.29. The van der Waals surface area contributed by atoms with Crippen LogP contribution in [0, 0.1) is 6.92 Å². The van der Waals surface area contributed by atoms with E-state index in [1.165, 1.54) is 0 Å². The van der Waals surface area contributed by atoms with E-state index in [2.05, 4.69) is 31.1 Å². The first-order chi connectivity index (χ1) is 9.72. The molecule has 1 aliphatic rings. The second kappa shape index (κ2) is 5.37. The Morgan fingerprint density at radius 1 is 1.50 bits per heavy atom. The number of anilines is 1. The number of nitrogens with one attached hydrogen (secondary N) is 2. The second-order valence-electron chi connectivity index (χ2n) is 4.67. The molecule has 9 nitrogen and oxygen atoms in total. The fourth-order valence-electron chi connectivity index (χ4n) is 2.14. The van der Waals surface area contributed by atoms with Gasteiger partial charge in [0.1, 0.15) is 0 Å². The summed E-state index contributed by atoms with van der Waals surface area (Å²) in [6.07, 6.45) is 3.61. The number of carbonyl (C=O) groups is 1. The minimum atomic E-state index is -0.408. The predicted octanol–water partition coefficient (Wildman–Crippen LogP) is 0.146. The molecule has 0 aliphatic carbocycles. The third-order valence-electron chi connectivity index (χ3n) is 3.17. The lowest BCUT2D eigenvalue weighted by Gasteiger charge is -2.21. The lowest BCUT2D eigenvalue weighted by Crippen LogP contribution is -2.29. The Balaban J connectivity index is 1.67. The van der Waals surface area contributed by atoms with Gasteiger partial charge >= 0.3 is 6.01 Å². The fourth-order valence-corrected chi connectivity index (χ4v) is 2.14. The van der Waals surface area contributed by atoms with Gasteiger partial charge in [-0.05, 0) is 32.9 Å². The monoisotopic (exact) mass is 277 g/mol. The van der Waals surface area contributed by atoms with Gasteiger partial charge in [0.05, 0.1) is 12.2 Å². The molecule has 0 atom stereocenters. The van der Waals surface area contributed by atoms with Crippen molar-refractivity contribution in [1.82, 2.24) is 30.5 Å². The van der Waals surface area contributed by atoms with E-state index >= 15 is 0 Å². The summed E-state index contributed by atoms with van der Waals surface area (Å²) in [5.41, 5.74) is 0.236. The summed E-state index contributed by atoms with van der Waals surface area (Å²) in [5, 5.41) is 17.3. The zero-order valence-corrected chi connectivity index (χ0v) is 11.0. The van der Waals surface area contributed by atoms with E-state index in [1.54, 1.807) is 17.8 Å². The van der Waals surface area contributed by atoms with Crippen LogP contribution in [0.2, 0.25) is 0 Å². The highest BCUT2D eigenvalue weighted by atomic mass is 16.5. The molecule has 2 N–H and O–H groups in total. The van der Waals surface area contributed by atoms with Crippen molar-refractivity contribution < 1.29 is 9.32 Å². The van der Waals surface area contributed by atoms with E-state index in [4.69, 9.17) is 4.52 Å². The summed E-state index contributed by atoms with van der Waals surface area (Å²) in [4.78, 5) is 15.9. The van der Waals surface area contributed by atoms with Crippen LogP contribution in [0.5, 0.6) is 0 Å². The Labute approximate surface area is 114 Å². The molecular weight excluding hydrogens is 262 g/mol. The standard InChI is InChI=1S/C11H15N7O2/c1-7-13-11(20-16-7)14-10(19)9-6-18(17-15-9)8-2-4-12-5-3-8/h6,8,12H,2-5H2,1H3,(H,13,14,16,19). The quantitative estimate of drug-likeness (QED) is 0.821. The molecule has 2 aromatic rings. The van der Waals surface area contributed by atoms with Crippen LogP contribution in [0.1, 0.15) is 35.2 Å². The van der Waals surface area contributed by atoms with E-state index in [9.17, 15) is 4.79 Å². The number of aryl methyl sites for hydroxylation is 1. The van der Waals surface area contributed by atoms with Crippen LogP contribution in [-0.4, -0.2) is 44.1 Å². The number of hydrogen-bond acceptors (Lipinski definition) is 7. The van der Waals surface area contributed by atoms with Crippen molar-refractivity contribution in [2.24, 2.45) is 0 Å². The molecule has 9 heteroatoms. The molecule has 1 saturated heterocycles. The number of nitrogens with zero attached hydrogens (tertiary/aromatic N) is 5. The highest BCUT2D eigenvalue weighted by molar-refractivity contribution is 6.01. The molecule has 106 valence electrons. The maximum absolute atomic E-state index is 12.0. The van der Waals surface area contributed by atoms with Crippen molar-refractivity contribution in [3.05, 3.63) is 17.7 Å². The number of piperidine rings is 1. The first-order valence-electron chi connectivity index (χ1n) is 6.46. The van der Waals surface area contributed by atoms with Gasteiger partial charge in [-0.25, -0.2) is 4.68 Å².